The maximum atomic E-state index is 12.0. The van der Waals surface area contributed by atoms with Crippen LogP contribution in [0.25, 0.3) is 0 Å². The zero-order valence-electron chi connectivity index (χ0n) is 13.0. The second-order valence-corrected chi connectivity index (χ2v) is 5.63. The number of likely N-dealkylation sites (N-methyl/N-ethyl adjacent to an activating group) is 1. The summed E-state index contributed by atoms with van der Waals surface area (Å²) < 4.78 is 0. The molecule has 1 amide bonds. The lowest BCUT2D eigenvalue weighted by atomic mass is 9.84. The molecule has 3 heteroatoms. The number of hydrogen-bond acceptors (Lipinski definition) is 2. The molecule has 0 radical (unpaired) electrons. The fraction of sp³-hybridized carbons (Fsp3) is 0.933. The van der Waals surface area contributed by atoms with E-state index in [1.165, 1.54) is 25.7 Å². The van der Waals surface area contributed by atoms with Gasteiger partial charge in [-0.2, -0.15) is 0 Å². The zero-order chi connectivity index (χ0) is 14.1. The average molecular weight is 256 g/mol. The minimum atomic E-state index is -0.116. The Morgan fingerprint density at radius 1 is 1.06 bits per heavy atom. The maximum absolute atomic E-state index is 12.0. The third-order valence-electron chi connectivity index (χ3n) is 3.68. The van der Waals surface area contributed by atoms with Gasteiger partial charge >= 0.3 is 0 Å². The number of hydrogen-bond donors (Lipinski definition) is 2. The van der Waals surface area contributed by atoms with Crippen LogP contribution in [0.3, 0.4) is 0 Å². The Morgan fingerprint density at radius 3 is 1.89 bits per heavy atom. The Hall–Kier alpha value is -0.570. The summed E-state index contributed by atoms with van der Waals surface area (Å²) in [5.74, 6) is 1.21. The van der Waals surface area contributed by atoms with Crippen LogP contribution in [0.4, 0.5) is 0 Å². The van der Waals surface area contributed by atoms with Crippen LogP contribution >= 0.6 is 0 Å². The van der Waals surface area contributed by atoms with Gasteiger partial charge in [0.1, 0.15) is 0 Å². The molecule has 0 aromatic carbocycles. The number of carbonyl (C=O) groups is 1. The van der Waals surface area contributed by atoms with Crippen LogP contribution < -0.4 is 10.6 Å². The predicted octanol–water partition coefficient (Wildman–Crippen LogP) is 2.95. The molecule has 0 rings (SSSR count). The highest BCUT2D eigenvalue weighted by Crippen LogP contribution is 2.23. The highest BCUT2D eigenvalue weighted by atomic mass is 16.2. The normalized spacial score (nSPS) is 14.9. The van der Waals surface area contributed by atoms with Crippen LogP contribution in [-0.4, -0.2) is 25.0 Å². The van der Waals surface area contributed by atoms with Crippen molar-refractivity contribution in [3.63, 3.8) is 0 Å². The van der Waals surface area contributed by atoms with E-state index in [4.69, 9.17) is 0 Å². The molecular weight excluding hydrogens is 224 g/mol. The lowest BCUT2D eigenvalue weighted by Crippen LogP contribution is -2.50. The van der Waals surface area contributed by atoms with Crippen molar-refractivity contribution in [3.8, 4) is 0 Å². The molecule has 0 aliphatic rings. The third kappa shape index (κ3) is 5.85. The predicted molar refractivity (Wildman–Crippen MR) is 78.6 cm³/mol. The number of carbonyl (C=O) groups excluding carboxylic acids is 1. The van der Waals surface area contributed by atoms with E-state index < -0.39 is 0 Å². The van der Waals surface area contributed by atoms with Gasteiger partial charge in [0.2, 0.25) is 5.91 Å². The van der Waals surface area contributed by atoms with E-state index in [9.17, 15) is 4.79 Å². The van der Waals surface area contributed by atoms with Gasteiger partial charge in [0.05, 0.1) is 6.04 Å². The molecule has 0 unspecified atom stereocenters. The van der Waals surface area contributed by atoms with Gasteiger partial charge in [-0.1, -0.05) is 40.5 Å². The van der Waals surface area contributed by atoms with Crippen LogP contribution in [0.1, 0.15) is 60.3 Å². The molecule has 2 N–H and O–H groups in total. The highest BCUT2D eigenvalue weighted by molar-refractivity contribution is 5.81. The van der Waals surface area contributed by atoms with Gasteiger partial charge in [0, 0.05) is 6.04 Å². The van der Waals surface area contributed by atoms with Crippen molar-refractivity contribution in [2.24, 2.45) is 11.8 Å². The fourth-order valence-corrected chi connectivity index (χ4v) is 2.49. The van der Waals surface area contributed by atoms with Crippen molar-refractivity contribution in [2.45, 2.75) is 72.4 Å². The first-order valence-corrected chi connectivity index (χ1v) is 7.45. The summed E-state index contributed by atoms with van der Waals surface area (Å²) in [6, 6.07) is 0.184. The summed E-state index contributed by atoms with van der Waals surface area (Å²) in [4.78, 5) is 12.0. The summed E-state index contributed by atoms with van der Waals surface area (Å²) in [6.07, 6.45) is 4.77. The van der Waals surface area contributed by atoms with Crippen molar-refractivity contribution in [1.82, 2.24) is 10.6 Å². The largest absolute Gasteiger partial charge is 0.351 e. The Morgan fingerprint density at radius 2 is 1.56 bits per heavy atom. The van der Waals surface area contributed by atoms with Crippen molar-refractivity contribution in [3.05, 3.63) is 0 Å². The van der Waals surface area contributed by atoms with E-state index in [0.29, 0.717) is 17.9 Å². The first-order valence-electron chi connectivity index (χ1n) is 7.45. The monoisotopic (exact) mass is 256 g/mol. The molecule has 0 saturated heterocycles. The van der Waals surface area contributed by atoms with Gasteiger partial charge in [-0.05, 0) is 38.6 Å². The molecule has 0 spiro atoms. The van der Waals surface area contributed by atoms with E-state index in [-0.39, 0.29) is 11.9 Å². The van der Waals surface area contributed by atoms with E-state index in [1.807, 2.05) is 14.0 Å². The lowest BCUT2D eigenvalue weighted by molar-refractivity contribution is -0.124. The second-order valence-electron chi connectivity index (χ2n) is 5.63. The molecule has 0 heterocycles. The van der Waals surface area contributed by atoms with Gasteiger partial charge < -0.3 is 10.6 Å². The van der Waals surface area contributed by atoms with Crippen LogP contribution in [0, 0.1) is 11.8 Å². The van der Waals surface area contributed by atoms with Gasteiger partial charge in [-0.3, -0.25) is 4.79 Å². The summed E-state index contributed by atoms with van der Waals surface area (Å²) >= 11 is 0. The van der Waals surface area contributed by atoms with Gasteiger partial charge in [0.25, 0.3) is 0 Å². The summed E-state index contributed by atoms with van der Waals surface area (Å²) in [5.41, 5.74) is 0. The molecule has 3 nitrogen and oxygen atoms in total. The Bertz CT molecular complexity index is 223. The van der Waals surface area contributed by atoms with Crippen LogP contribution in [0.2, 0.25) is 0 Å². The van der Waals surface area contributed by atoms with E-state index >= 15 is 0 Å². The Balaban J connectivity index is 4.65. The van der Waals surface area contributed by atoms with Crippen LogP contribution in [-0.2, 0) is 4.79 Å². The lowest BCUT2D eigenvalue weighted by Gasteiger charge is -2.32. The molecule has 0 aliphatic heterocycles. The molecular formula is C15H32N2O. The Labute approximate surface area is 113 Å². The first-order chi connectivity index (χ1) is 8.47. The minimum Gasteiger partial charge on any atom is -0.351 e. The average Bonchev–Trinajstić information content (AvgIpc) is 2.34. The van der Waals surface area contributed by atoms with Crippen LogP contribution in [0.5, 0.6) is 0 Å². The van der Waals surface area contributed by atoms with E-state index in [0.717, 1.165) is 0 Å². The molecule has 0 aliphatic carbocycles. The number of rotatable bonds is 9. The van der Waals surface area contributed by atoms with Gasteiger partial charge in [-0.25, -0.2) is 0 Å². The molecule has 0 saturated carbocycles. The molecule has 108 valence electrons. The quantitative estimate of drug-likeness (QED) is 0.666. The van der Waals surface area contributed by atoms with Crippen molar-refractivity contribution < 1.29 is 4.79 Å². The number of nitrogens with one attached hydrogen (secondary N) is 2. The fourth-order valence-electron chi connectivity index (χ4n) is 2.49. The highest BCUT2D eigenvalue weighted by Gasteiger charge is 2.26. The minimum absolute atomic E-state index is 0.116. The van der Waals surface area contributed by atoms with E-state index in [1.54, 1.807) is 0 Å². The first kappa shape index (κ1) is 17.4. The molecule has 0 bridgehead atoms. The smallest absolute Gasteiger partial charge is 0.237 e. The molecule has 2 atom stereocenters. The SMILES string of the molecule is CCCC(CCC)[C@H](NC(=O)[C@H](C)NC)C(C)C. The van der Waals surface area contributed by atoms with Crippen molar-refractivity contribution in [2.75, 3.05) is 7.05 Å². The zero-order valence-corrected chi connectivity index (χ0v) is 13.0. The summed E-state index contributed by atoms with van der Waals surface area (Å²) in [5, 5.41) is 6.24. The van der Waals surface area contributed by atoms with Crippen LogP contribution in [0.15, 0.2) is 0 Å². The topological polar surface area (TPSA) is 41.1 Å². The second kappa shape index (κ2) is 9.37. The summed E-state index contributed by atoms with van der Waals surface area (Å²) in [6.45, 7) is 10.7. The standard InChI is InChI=1S/C15H32N2O/c1-7-9-13(10-8-2)14(11(3)4)17-15(18)12(5)16-6/h11-14,16H,7-10H2,1-6H3,(H,17,18)/t12-,14+/m0/s1. The Kier molecular flexibility index (Phi) is 9.08. The maximum Gasteiger partial charge on any atom is 0.237 e. The van der Waals surface area contributed by atoms with Gasteiger partial charge in [-0.15, -0.1) is 0 Å². The molecule has 0 aromatic rings. The number of amides is 1. The van der Waals surface area contributed by atoms with Gasteiger partial charge in [0.15, 0.2) is 0 Å². The summed E-state index contributed by atoms with van der Waals surface area (Å²) in [7, 11) is 1.82. The van der Waals surface area contributed by atoms with Crippen molar-refractivity contribution >= 4 is 5.91 Å². The van der Waals surface area contributed by atoms with Crippen molar-refractivity contribution in [1.29, 1.82) is 0 Å². The molecule has 0 aromatic heterocycles. The molecule has 0 fully saturated rings. The third-order valence-corrected chi connectivity index (χ3v) is 3.68. The molecule has 18 heavy (non-hydrogen) atoms. The van der Waals surface area contributed by atoms with E-state index in [2.05, 4.69) is 38.3 Å².